The first kappa shape index (κ1) is 15.3. The normalized spacial score (nSPS) is 10.6. The van der Waals surface area contributed by atoms with Crippen LogP contribution in [0.5, 0.6) is 11.5 Å². The van der Waals surface area contributed by atoms with Crippen LogP contribution in [0.15, 0.2) is 28.9 Å². The van der Waals surface area contributed by atoms with E-state index in [4.69, 9.17) is 18.6 Å². The molecule has 1 aromatic heterocycles. The quantitative estimate of drug-likeness (QED) is 0.752. The van der Waals surface area contributed by atoms with E-state index in [1.165, 1.54) is 0 Å². The first-order valence-corrected chi connectivity index (χ1v) is 6.65. The molecule has 6 heteroatoms. The highest BCUT2D eigenvalue weighted by molar-refractivity contribution is 5.65. The van der Waals surface area contributed by atoms with Crippen LogP contribution in [0, 0.1) is 0 Å². The van der Waals surface area contributed by atoms with Crippen molar-refractivity contribution < 1.29 is 18.6 Å². The molecule has 114 valence electrons. The molecule has 6 nitrogen and oxygen atoms in total. The molecule has 2 rings (SSSR count). The van der Waals surface area contributed by atoms with Gasteiger partial charge in [-0.2, -0.15) is 0 Å². The first-order valence-electron chi connectivity index (χ1n) is 6.65. The third-order valence-corrected chi connectivity index (χ3v) is 2.98. The zero-order valence-electron chi connectivity index (χ0n) is 12.5. The second-order valence-electron chi connectivity index (χ2n) is 4.38. The Labute approximate surface area is 124 Å². The van der Waals surface area contributed by atoms with Crippen molar-refractivity contribution in [1.82, 2.24) is 10.3 Å². The van der Waals surface area contributed by atoms with Crippen molar-refractivity contribution in [3.8, 4) is 23.0 Å². The van der Waals surface area contributed by atoms with Gasteiger partial charge in [0.15, 0.2) is 0 Å². The Balaban J connectivity index is 2.13. The van der Waals surface area contributed by atoms with Crippen molar-refractivity contribution in [2.45, 2.75) is 6.54 Å². The minimum atomic E-state index is 0.509. The van der Waals surface area contributed by atoms with Gasteiger partial charge in [-0.1, -0.05) is 0 Å². The first-order chi connectivity index (χ1) is 10.3. The van der Waals surface area contributed by atoms with Crippen LogP contribution in [-0.2, 0) is 11.3 Å². The summed E-state index contributed by atoms with van der Waals surface area (Å²) in [5, 5.41) is 3.22. The summed E-state index contributed by atoms with van der Waals surface area (Å²) in [6, 6.07) is 5.50. The lowest BCUT2D eigenvalue weighted by Gasteiger charge is -2.07. The van der Waals surface area contributed by atoms with Gasteiger partial charge in [0.1, 0.15) is 17.8 Å². The van der Waals surface area contributed by atoms with E-state index in [1.807, 2.05) is 18.2 Å². The summed E-state index contributed by atoms with van der Waals surface area (Å²) in [7, 11) is 4.90. The number of aromatic nitrogens is 1. The Morgan fingerprint density at radius 2 is 2.05 bits per heavy atom. The van der Waals surface area contributed by atoms with E-state index in [0.717, 1.165) is 23.6 Å². The molecule has 0 spiro atoms. The molecule has 0 amide bonds. The number of ether oxygens (including phenoxy) is 3. The van der Waals surface area contributed by atoms with Gasteiger partial charge in [0, 0.05) is 20.2 Å². The van der Waals surface area contributed by atoms with Crippen LogP contribution in [0.4, 0.5) is 0 Å². The number of rotatable bonds is 8. The van der Waals surface area contributed by atoms with Crippen LogP contribution in [0.25, 0.3) is 11.5 Å². The molecule has 2 aromatic rings. The highest BCUT2D eigenvalue weighted by atomic mass is 16.5. The van der Waals surface area contributed by atoms with Gasteiger partial charge in [-0.25, -0.2) is 4.98 Å². The van der Waals surface area contributed by atoms with Gasteiger partial charge in [-0.15, -0.1) is 0 Å². The Bertz CT molecular complexity index is 569. The summed E-state index contributed by atoms with van der Waals surface area (Å²) in [4.78, 5) is 4.46. The molecule has 0 fully saturated rings. The summed E-state index contributed by atoms with van der Waals surface area (Å²) in [5.41, 5.74) is 1.59. The van der Waals surface area contributed by atoms with Gasteiger partial charge < -0.3 is 23.9 Å². The highest BCUT2D eigenvalue weighted by Gasteiger charge is 2.13. The zero-order valence-corrected chi connectivity index (χ0v) is 12.5. The molecule has 0 saturated heterocycles. The van der Waals surface area contributed by atoms with Crippen molar-refractivity contribution in [3.05, 3.63) is 30.2 Å². The Morgan fingerprint density at radius 3 is 2.76 bits per heavy atom. The fraction of sp³-hybridized carbons (Fsp3) is 0.400. The van der Waals surface area contributed by atoms with Crippen LogP contribution in [0.1, 0.15) is 5.69 Å². The molecule has 0 atom stereocenters. The van der Waals surface area contributed by atoms with E-state index in [1.54, 1.807) is 27.6 Å². The lowest BCUT2D eigenvalue weighted by Crippen LogP contribution is -2.18. The molecule has 0 bridgehead atoms. The van der Waals surface area contributed by atoms with Crippen LogP contribution in [0.3, 0.4) is 0 Å². The van der Waals surface area contributed by atoms with Crippen molar-refractivity contribution in [1.29, 1.82) is 0 Å². The molecular formula is C15H20N2O4. The fourth-order valence-corrected chi connectivity index (χ4v) is 1.88. The predicted octanol–water partition coefficient (Wildman–Crippen LogP) is 2.09. The molecule has 0 radical (unpaired) electrons. The van der Waals surface area contributed by atoms with Crippen molar-refractivity contribution in [3.63, 3.8) is 0 Å². The average molecular weight is 292 g/mol. The van der Waals surface area contributed by atoms with E-state index in [9.17, 15) is 0 Å². The third-order valence-electron chi connectivity index (χ3n) is 2.98. The molecular weight excluding hydrogens is 272 g/mol. The SMILES string of the molecule is COCCNCc1coc(-c2cc(OC)ccc2OC)n1. The van der Waals surface area contributed by atoms with Crippen LogP contribution in [-0.4, -0.2) is 39.5 Å². The molecule has 0 aliphatic heterocycles. The number of oxazole rings is 1. The van der Waals surface area contributed by atoms with E-state index in [2.05, 4.69) is 10.3 Å². The molecule has 1 aromatic carbocycles. The van der Waals surface area contributed by atoms with E-state index < -0.39 is 0 Å². The topological polar surface area (TPSA) is 65.8 Å². The number of hydrogen-bond acceptors (Lipinski definition) is 6. The number of benzene rings is 1. The zero-order chi connectivity index (χ0) is 15.1. The maximum absolute atomic E-state index is 5.53. The van der Waals surface area contributed by atoms with E-state index in [0.29, 0.717) is 24.8 Å². The summed E-state index contributed by atoms with van der Waals surface area (Å²) in [6.45, 7) is 2.05. The monoisotopic (exact) mass is 292 g/mol. The van der Waals surface area contributed by atoms with Crippen LogP contribution >= 0.6 is 0 Å². The number of nitrogens with one attached hydrogen (secondary N) is 1. The highest BCUT2D eigenvalue weighted by Crippen LogP contribution is 2.32. The lowest BCUT2D eigenvalue weighted by molar-refractivity contribution is 0.199. The molecule has 0 unspecified atom stereocenters. The van der Waals surface area contributed by atoms with E-state index >= 15 is 0 Å². The Hall–Kier alpha value is -2.05. The van der Waals surface area contributed by atoms with Crippen molar-refractivity contribution >= 4 is 0 Å². The standard InChI is InChI=1S/C15H20N2O4/c1-18-7-6-16-9-11-10-21-15(17-11)13-8-12(19-2)4-5-14(13)20-3/h4-5,8,10,16H,6-7,9H2,1-3H3. The summed E-state index contributed by atoms with van der Waals surface area (Å²) < 4.78 is 21.1. The summed E-state index contributed by atoms with van der Waals surface area (Å²) in [5.74, 6) is 1.93. The van der Waals surface area contributed by atoms with E-state index in [-0.39, 0.29) is 0 Å². The second kappa shape index (κ2) is 7.66. The third kappa shape index (κ3) is 3.96. The Kier molecular flexibility index (Phi) is 5.59. The minimum absolute atomic E-state index is 0.509. The van der Waals surface area contributed by atoms with Crippen LogP contribution in [0.2, 0.25) is 0 Å². The largest absolute Gasteiger partial charge is 0.497 e. The van der Waals surface area contributed by atoms with Crippen molar-refractivity contribution in [2.24, 2.45) is 0 Å². The molecule has 21 heavy (non-hydrogen) atoms. The predicted molar refractivity (Wildman–Crippen MR) is 78.6 cm³/mol. The maximum atomic E-state index is 5.53. The summed E-state index contributed by atoms with van der Waals surface area (Å²) in [6.07, 6.45) is 1.63. The van der Waals surface area contributed by atoms with Gasteiger partial charge in [0.05, 0.1) is 32.1 Å². The minimum Gasteiger partial charge on any atom is -0.497 e. The molecule has 0 saturated carbocycles. The van der Waals surface area contributed by atoms with Gasteiger partial charge in [0.2, 0.25) is 5.89 Å². The summed E-state index contributed by atoms with van der Waals surface area (Å²) >= 11 is 0. The van der Waals surface area contributed by atoms with Gasteiger partial charge in [-0.3, -0.25) is 0 Å². The average Bonchev–Trinajstić information content (AvgIpc) is 2.99. The smallest absolute Gasteiger partial charge is 0.230 e. The van der Waals surface area contributed by atoms with Gasteiger partial charge >= 0.3 is 0 Å². The number of methoxy groups -OCH3 is 3. The molecule has 1 N–H and O–H groups in total. The Morgan fingerprint density at radius 1 is 1.19 bits per heavy atom. The molecule has 1 heterocycles. The van der Waals surface area contributed by atoms with Gasteiger partial charge in [-0.05, 0) is 18.2 Å². The fourth-order valence-electron chi connectivity index (χ4n) is 1.88. The lowest BCUT2D eigenvalue weighted by atomic mass is 10.2. The number of hydrogen-bond donors (Lipinski definition) is 1. The number of nitrogens with zero attached hydrogens (tertiary/aromatic N) is 1. The van der Waals surface area contributed by atoms with Crippen LogP contribution < -0.4 is 14.8 Å². The molecule has 0 aliphatic rings. The van der Waals surface area contributed by atoms with Gasteiger partial charge in [0.25, 0.3) is 0 Å². The second-order valence-corrected chi connectivity index (χ2v) is 4.38. The maximum Gasteiger partial charge on any atom is 0.230 e. The molecule has 0 aliphatic carbocycles. The van der Waals surface area contributed by atoms with Crippen molar-refractivity contribution in [2.75, 3.05) is 34.5 Å².